The van der Waals surface area contributed by atoms with Crippen LogP contribution in [0, 0.1) is 0 Å². The molecule has 29 heavy (non-hydrogen) atoms. The number of nitrogens with zero attached hydrogens (tertiary/aromatic N) is 6. The molecule has 10 heteroatoms. The number of carbonyl (C=O) groups excluding carboxylic acids is 1. The lowest BCUT2D eigenvalue weighted by atomic mass is 10.1. The number of halogens is 3. The molecule has 0 atom stereocenters. The van der Waals surface area contributed by atoms with Gasteiger partial charge < -0.3 is 4.90 Å². The summed E-state index contributed by atoms with van der Waals surface area (Å²) in [6.45, 7) is 3.20. The van der Waals surface area contributed by atoms with Crippen molar-refractivity contribution in [2.24, 2.45) is 0 Å². The molecule has 4 rings (SSSR count). The van der Waals surface area contributed by atoms with Crippen LogP contribution in [0.2, 0.25) is 15.1 Å². The van der Waals surface area contributed by atoms with E-state index in [1.54, 1.807) is 39.9 Å². The van der Waals surface area contributed by atoms with E-state index in [1.807, 2.05) is 12.1 Å². The number of piperazine rings is 1. The number of hydrogen-bond acceptors (Lipinski definition) is 5. The first-order valence-electron chi connectivity index (χ1n) is 9.01. The molecular formula is C19H17Cl3N6O. The fourth-order valence-corrected chi connectivity index (χ4v) is 3.84. The molecule has 0 spiro atoms. The predicted molar refractivity (Wildman–Crippen MR) is 112 cm³/mol. The summed E-state index contributed by atoms with van der Waals surface area (Å²) in [7, 11) is 0. The maximum atomic E-state index is 12.8. The molecule has 2 heterocycles. The number of hydrogen-bond donors (Lipinski definition) is 0. The predicted octanol–water partition coefficient (Wildman–Crippen LogP) is 3.58. The lowest BCUT2D eigenvalue weighted by Gasteiger charge is -2.34. The normalized spacial score (nSPS) is 14.9. The Kier molecular flexibility index (Phi) is 6.01. The highest BCUT2D eigenvalue weighted by Gasteiger charge is 2.25. The van der Waals surface area contributed by atoms with E-state index in [0.29, 0.717) is 53.4 Å². The van der Waals surface area contributed by atoms with Gasteiger partial charge in [0, 0.05) is 36.2 Å². The molecule has 0 bridgehead atoms. The van der Waals surface area contributed by atoms with Crippen LogP contribution < -0.4 is 0 Å². The Morgan fingerprint density at radius 1 is 0.931 bits per heavy atom. The van der Waals surface area contributed by atoms with Gasteiger partial charge in [-0.05, 0) is 52.9 Å². The summed E-state index contributed by atoms with van der Waals surface area (Å²) in [4.78, 5) is 16.8. The second-order valence-electron chi connectivity index (χ2n) is 6.68. The number of aromatic nitrogens is 4. The molecule has 1 saturated heterocycles. The number of tetrazole rings is 1. The number of benzene rings is 2. The average Bonchev–Trinajstić information content (AvgIpc) is 3.17. The second kappa shape index (κ2) is 8.67. The monoisotopic (exact) mass is 450 g/mol. The summed E-state index contributed by atoms with van der Waals surface area (Å²) in [6.07, 6.45) is 0. The van der Waals surface area contributed by atoms with Crippen molar-refractivity contribution in [2.45, 2.75) is 6.54 Å². The highest BCUT2D eigenvalue weighted by molar-refractivity contribution is 6.36. The molecule has 7 nitrogen and oxygen atoms in total. The Labute approximate surface area is 182 Å². The Hall–Kier alpha value is -2.19. The third kappa shape index (κ3) is 4.53. The lowest BCUT2D eigenvalue weighted by molar-refractivity contribution is 0.0624. The smallest absolute Gasteiger partial charge is 0.255 e. The molecule has 0 saturated carbocycles. The van der Waals surface area contributed by atoms with Gasteiger partial charge in [-0.3, -0.25) is 9.69 Å². The first kappa shape index (κ1) is 20.1. The van der Waals surface area contributed by atoms with Crippen LogP contribution in [0.1, 0.15) is 16.2 Å². The number of amides is 1. The molecule has 3 aromatic rings. The van der Waals surface area contributed by atoms with Crippen molar-refractivity contribution < 1.29 is 4.79 Å². The van der Waals surface area contributed by atoms with Gasteiger partial charge in [0.05, 0.1) is 22.8 Å². The van der Waals surface area contributed by atoms with Gasteiger partial charge in [-0.25, -0.2) is 0 Å². The number of rotatable bonds is 4. The van der Waals surface area contributed by atoms with Crippen LogP contribution in [0.4, 0.5) is 0 Å². The highest BCUT2D eigenvalue weighted by Crippen LogP contribution is 2.23. The zero-order valence-electron chi connectivity index (χ0n) is 15.3. The minimum Gasteiger partial charge on any atom is -0.336 e. The zero-order valence-corrected chi connectivity index (χ0v) is 17.6. The van der Waals surface area contributed by atoms with E-state index < -0.39 is 0 Å². The van der Waals surface area contributed by atoms with Crippen LogP contribution >= 0.6 is 34.8 Å². The van der Waals surface area contributed by atoms with Crippen LogP contribution in [0.25, 0.3) is 5.69 Å². The van der Waals surface area contributed by atoms with Gasteiger partial charge >= 0.3 is 0 Å². The summed E-state index contributed by atoms with van der Waals surface area (Å²) in [5.74, 6) is 0.644. The molecule has 0 aliphatic carbocycles. The molecule has 150 valence electrons. The largest absolute Gasteiger partial charge is 0.336 e. The van der Waals surface area contributed by atoms with Gasteiger partial charge in [-0.15, -0.1) is 5.10 Å². The molecule has 1 aromatic heterocycles. The third-order valence-electron chi connectivity index (χ3n) is 4.79. The maximum absolute atomic E-state index is 12.8. The summed E-state index contributed by atoms with van der Waals surface area (Å²) < 4.78 is 1.70. The molecule has 2 aromatic carbocycles. The van der Waals surface area contributed by atoms with Gasteiger partial charge in [0.1, 0.15) is 0 Å². The minimum atomic E-state index is -0.0858. The zero-order chi connectivity index (χ0) is 20.4. The van der Waals surface area contributed by atoms with E-state index in [9.17, 15) is 4.79 Å². The van der Waals surface area contributed by atoms with Crippen molar-refractivity contribution in [3.05, 3.63) is 68.9 Å². The first-order chi connectivity index (χ1) is 14.0. The fraction of sp³-hybridized carbons (Fsp3) is 0.263. The van der Waals surface area contributed by atoms with Crippen molar-refractivity contribution >= 4 is 40.7 Å². The summed E-state index contributed by atoms with van der Waals surface area (Å²) in [5, 5.41) is 13.6. The topological polar surface area (TPSA) is 67.2 Å². The number of carbonyl (C=O) groups is 1. The summed E-state index contributed by atoms with van der Waals surface area (Å²) in [6, 6.07) is 12.3. The fourth-order valence-electron chi connectivity index (χ4n) is 3.23. The summed E-state index contributed by atoms with van der Waals surface area (Å²) >= 11 is 18.0. The van der Waals surface area contributed by atoms with Gasteiger partial charge in [0.25, 0.3) is 5.91 Å². The highest BCUT2D eigenvalue weighted by atomic mass is 35.5. The molecule has 0 radical (unpaired) electrons. The van der Waals surface area contributed by atoms with Crippen molar-refractivity contribution in [1.29, 1.82) is 0 Å². The Morgan fingerprint density at radius 3 is 2.31 bits per heavy atom. The summed E-state index contributed by atoms with van der Waals surface area (Å²) in [5.41, 5.74) is 1.32. The van der Waals surface area contributed by atoms with Crippen molar-refractivity contribution in [1.82, 2.24) is 30.0 Å². The Balaban J connectivity index is 1.39. The van der Waals surface area contributed by atoms with E-state index in [2.05, 4.69) is 20.4 Å². The van der Waals surface area contributed by atoms with Crippen LogP contribution in [-0.2, 0) is 6.54 Å². The van der Waals surface area contributed by atoms with Crippen molar-refractivity contribution in [2.75, 3.05) is 26.2 Å². The molecule has 0 unspecified atom stereocenters. The van der Waals surface area contributed by atoms with E-state index in [-0.39, 0.29) is 5.91 Å². The van der Waals surface area contributed by atoms with E-state index in [4.69, 9.17) is 34.8 Å². The minimum absolute atomic E-state index is 0.0858. The SMILES string of the molecule is O=C(c1ccc(Cl)cc1Cl)N1CCN(Cc2nnnn2-c2ccc(Cl)cc2)CC1. The Morgan fingerprint density at radius 2 is 1.62 bits per heavy atom. The maximum Gasteiger partial charge on any atom is 0.255 e. The van der Waals surface area contributed by atoms with E-state index >= 15 is 0 Å². The van der Waals surface area contributed by atoms with Gasteiger partial charge in [0.2, 0.25) is 0 Å². The molecule has 1 aliphatic rings. The van der Waals surface area contributed by atoms with Crippen molar-refractivity contribution in [3.8, 4) is 5.69 Å². The van der Waals surface area contributed by atoms with Crippen LogP contribution in [0.5, 0.6) is 0 Å². The van der Waals surface area contributed by atoms with Crippen LogP contribution in [0.15, 0.2) is 42.5 Å². The molecule has 1 aliphatic heterocycles. The van der Waals surface area contributed by atoms with E-state index in [1.165, 1.54) is 0 Å². The first-order valence-corrected chi connectivity index (χ1v) is 10.1. The quantitative estimate of drug-likeness (QED) is 0.606. The van der Waals surface area contributed by atoms with Crippen molar-refractivity contribution in [3.63, 3.8) is 0 Å². The molecule has 1 amide bonds. The van der Waals surface area contributed by atoms with Gasteiger partial charge in [0.15, 0.2) is 5.82 Å². The molecule has 0 N–H and O–H groups in total. The van der Waals surface area contributed by atoms with Gasteiger partial charge in [-0.1, -0.05) is 34.8 Å². The third-order valence-corrected chi connectivity index (χ3v) is 5.59. The standard InChI is InChI=1S/C19H17Cl3N6O/c20-13-1-4-15(5-2-13)28-18(23-24-25-28)12-26-7-9-27(10-8-26)19(29)16-6-3-14(21)11-17(16)22/h1-6,11H,7-10,12H2. The van der Waals surface area contributed by atoms with E-state index in [0.717, 1.165) is 11.5 Å². The van der Waals surface area contributed by atoms with Gasteiger partial charge in [-0.2, -0.15) is 4.68 Å². The second-order valence-corrected chi connectivity index (χ2v) is 7.96. The average molecular weight is 452 g/mol. The molecular weight excluding hydrogens is 435 g/mol. The van der Waals surface area contributed by atoms with Crippen LogP contribution in [-0.4, -0.2) is 62.1 Å². The lowest BCUT2D eigenvalue weighted by Crippen LogP contribution is -2.48. The molecule has 1 fully saturated rings. The van der Waals surface area contributed by atoms with Crippen LogP contribution in [0.3, 0.4) is 0 Å². The Bertz CT molecular complexity index is 1020.